The van der Waals surface area contributed by atoms with Gasteiger partial charge in [-0.2, -0.15) is 0 Å². The Kier molecular flexibility index (Phi) is 10.9. The molecule has 11 nitrogen and oxygen atoms in total. The SMILES string of the molecule is CC1(C)OC2[C@H](O[C@@H]3C(COCCOCCCC(=O)C(N)CC(=O)OCc4ccccc4)OC(c4ccccc4)O[C@@H]23)O1. The monoisotopic (exact) mass is 599 g/mol. The molecule has 3 aliphatic heterocycles. The smallest absolute Gasteiger partial charge is 0.308 e. The molecule has 7 atom stereocenters. The van der Waals surface area contributed by atoms with Crippen LogP contribution in [0.3, 0.4) is 0 Å². The number of carbonyl (C=O) groups excluding carboxylic acids is 2. The first-order valence-corrected chi connectivity index (χ1v) is 14.8. The fraction of sp³-hybridized carbons (Fsp3) is 0.562. The fourth-order valence-corrected chi connectivity index (χ4v) is 5.31. The van der Waals surface area contributed by atoms with Crippen LogP contribution in [0.4, 0.5) is 0 Å². The summed E-state index contributed by atoms with van der Waals surface area (Å²) in [6.07, 6.45) is -2.11. The van der Waals surface area contributed by atoms with Crippen LogP contribution in [0.25, 0.3) is 0 Å². The molecule has 3 heterocycles. The molecule has 0 amide bonds. The third kappa shape index (κ3) is 8.68. The molecule has 0 spiro atoms. The molecule has 2 aromatic rings. The van der Waals surface area contributed by atoms with Gasteiger partial charge in [-0.05, 0) is 25.8 Å². The van der Waals surface area contributed by atoms with E-state index in [1.807, 2.05) is 74.5 Å². The van der Waals surface area contributed by atoms with Gasteiger partial charge in [0.1, 0.15) is 36.8 Å². The summed E-state index contributed by atoms with van der Waals surface area (Å²) in [5.41, 5.74) is 7.68. The summed E-state index contributed by atoms with van der Waals surface area (Å²) in [4.78, 5) is 24.3. The Morgan fingerprint density at radius 2 is 1.58 bits per heavy atom. The van der Waals surface area contributed by atoms with Gasteiger partial charge in [-0.1, -0.05) is 60.7 Å². The van der Waals surface area contributed by atoms with Gasteiger partial charge in [-0.25, -0.2) is 0 Å². The minimum atomic E-state index is -0.895. The van der Waals surface area contributed by atoms with Crippen molar-refractivity contribution in [3.63, 3.8) is 0 Å². The highest BCUT2D eigenvalue weighted by molar-refractivity contribution is 5.88. The highest BCUT2D eigenvalue weighted by Crippen LogP contribution is 2.45. The molecule has 0 aromatic heterocycles. The number of Topliss-reactive ketones (excluding diaryl/α,β-unsaturated/α-hetero) is 1. The molecule has 3 fully saturated rings. The molecule has 3 aliphatic rings. The first-order valence-electron chi connectivity index (χ1n) is 14.8. The zero-order valence-corrected chi connectivity index (χ0v) is 24.6. The van der Waals surface area contributed by atoms with E-state index in [0.29, 0.717) is 26.2 Å². The Morgan fingerprint density at radius 3 is 2.35 bits per heavy atom. The third-order valence-electron chi connectivity index (χ3n) is 7.45. The molecule has 0 saturated carbocycles. The quantitative estimate of drug-likeness (QED) is 0.239. The molecular weight excluding hydrogens is 558 g/mol. The molecule has 3 saturated heterocycles. The fourth-order valence-electron chi connectivity index (χ4n) is 5.31. The second kappa shape index (κ2) is 14.8. The van der Waals surface area contributed by atoms with Gasteiger partial charge in [0, 0.05) is 18.6 Å². The van der Waals surface area contributed by atoms with Crippen molar-refractivity contribution in [2.24, 2.45) is 5.73 Å². The number of ether oxygens (including phenoxy) is 8. The van der Waals surface area contributed by atoms with Crippen molar-refractivity contribution in [1.29, 1.82) is 0 Å². The standard InChI is InChI=1S/C32H41NO10/c1-32(2)42-29-28-27(40-31(29)43-32)25(39-30(41-28)22-12-7-4-8-13-22)20-37-17-16-36-15-9-14-24(34)23(33)18-26(35)38-19-21-10-5-3-6-11-21/h3-8,10-13,23,25,27-31H,9,14-20,33H2,1-2H3/t23?,25?,27-,28-,29?,30?,31-/m1/s1. The molecule has 0 radical (unpaired) electrons. The Morgan fingerprint density at radius 1 is 0.860 bits per heavy atom. The average Bonchev–Trinajstić information content (AvgIpc) is 3.49. The molecule has 234 valence electrons. The van der Waals surface area contributed by atoms with Gasteiger partial charge >= 0.3 is 5.97 Å². The van der Waals surface area contributed by atoms with Crippen LogP contribution < -0.4 is 5.73 Å². The number of hydrogen-bond acceptors (Lipinski definition) is 11. The first kappa shape index (κ1) is 31.7. The normalized spacial score (nSPS) is 28.2. The van der Waals surface area contributed by atoms with E-state index in [1.165, 1.54) is 0 Å². The van der Waals surface area contributed by atoms with Crippen LogP contribution in [0.5, 0.6) is 0 Å². The summed E-state index contributed by atoms with van der Waals surface area (Å²) in [6, 6.07) is 18.2. The Balaban J connectivity index is 0.978. The number of esters is 1. The topological polar surface area (TPSA) is 134 Å². The molecule has 2 aromatic carbocycles. The van der Waals surface area contributed by atoms with Gasteiger partial charge in [-0.15, -0.1) is 0 Å². The Labute approximate surface area is 251 Å². The van der Waals surface area contributed by atoms with E-state index in [2.05, 4.69) is 0 Å². The van der Waals surface area contributed by atoms with E-state index in [9.17, 15) is 9.59 Å². The van der Waals surface area contributed by atoms with E-state index in [-0.39, 0.29) is 44.0 Å². The molecular formula is C32H41NO10. The molecule has 2 N–H and O–H groups in total. The van der Waals surface area contributed by atoms with E-state index < -0.39 is 42.6 Å². The van der Waals surface area contributed by atoms with Crippen molar-refractivity contribution in [2.75, 3.05) is 26.4 Å². The predicted molar refractivity (Wildman–Crippen MR) is 152 cm³/mol. The van der Waals surface area contributed by atoms with Crippen LogP contribution >= 0.6 is 0 Å². The lowest BCUT2D eigenvalue weighted by Crippen LogP contribution is -2.51. The van der Waals surface area contributed by atoms with Gasteiger partial charge < -0.3 is 43.6 Å². The number of fused-ring (bicyclic) bond motifs is 3. The number of nitrogens with two attached hydrogens (primary N) is 1. The zero-order valence-electron chi connectivity index (χ0n) is 24.6. The third-order valence-corrected chi connectivity index (χ3v) is 7.45. The highest BCUT2D eigenvalue weighted by Gasteiger charge is 2.60. The number of hydrogen-bond donors (Lipinski definition) is 1. The van der Waals surface area contributed by atoms with Crippen molar-refractivity contribution in [2.45, 2.75) is 88.5 Å². The summed E-state index contributed by atoms with van der Waals surface area (Å²) >= 11 is 0. The number of carbonyl (C=O) groups is 2. The molecule has 4 unspecified atom stereocenters. The minimum Gasteiger partial charge on any atom is -0.461 e. The Bertz CT molecular complexity index is 1180. The van der Waals surface area contributed by atoms with E-state index >= 15 is 0 Å². The van der Waals surface area contributed by atoms with Crippen LogP contribution in [-0.4, -0.2) is 80.7 Å². The van der Waals surface area contributed by atoms with Gasteiger partial charge in [0.2, 0.25) is 0 Å². The predicted octanol–water partition coefficient (Wildman–Crippen LogP) is 3.19. The lowest BCUT2D eigenvalue weighted by Gasteiger charge is -2.39. The highest BCUT2D eigenvalue weighted by atomic mass is 16.9. The minimum absolute atomic E-state index is 0.150. The van der Waals surface area contributed by atoms with Crippen LogP contribution in [-0.2, 0) is 54.1 Å². The zero-order chi connectivity index (χ0) is 30.2. The lowest BCUT2D eigenvalue weighted by atomic mass is 10.0. The van der Waals surface area contributed by atoms with Crippen LogP contribution in [0.15, 0.2) is 60.7 Å². The second-order valence-electron chi connectivity index (χ2n) is 11.3. The van der Waals surface area contributed by atoms with Crippen molar-refractivity contribution in [3.8, 4) is 0 Å². The van der Waals surface area contributed by atoms with E-state index in [4.69, 9.17) is 43.6 Å². The lowest BCUT2D eigenvalue weighted by molar-refractivity contribution is -0.315. The van der Waals surface area contributed by atoms with Crippen molar-refractivity contribution in [1.82, 2.24) is 0 Å². The molecule has 5 rings (SSSR count). The van der Waals surface area contributed by atoms with Crippen molar-refractivity contribution < 1.29 is 47.5 Å². The van der Waals surface area contributed by atoms with Gasteiger partial charge in [0.25, 0.3) is 0 Å². The summed E-state index contributed by atoms with van der Waals surface area (Å²) in [5, 5.41) is 0. The first-order chi connectivity index (χ1) is 20.8. The van der Waals surface area contributed by atoms with Crippen molar-refractivity contribution >= 4 is 11.8 Å². The Hall–Kier alpha value is -2.74. The van der Waals surface area contributed by atoms with Gasteiger partial charge in [-0.3, -0.25) is 9.59 Å². The van der Waals surface area contributed by atoms with Crippen LogP contribution in [0.1, 0.15) is 50.5 Å². The largest absolute Gasteiger partial charge is 0.461 e. The van der Waals surface area contributed by atoms with Crippen molar-refractivity contribution in [3.05, 3.63) is 71.8 Å². The van der Waals surface area contributed by atoms with E-state index in [0.717, 1.165) is 11.1 Å². The summed E-state index contributed by atoms with van der Waals surface area (Å²) in [7, 11) is 0. The molecule has 11 heteroatoms. The maximum Gasteiger partial charge on any atom is 0.308 e. The maximum atomic E-state index is 12.3. The number of ketones is 1. The maximum absolute atomic E-state index is 12.3. The number of rotatable bonds is 15. The van der Waals surface area contributed by atoms with Gasteiger partial charge in [0.15, 0.2) is 18.4 Å². The summed E-state index contributed by atoms with van der Waals surface area (Å²) in [6.45, 7) is 5.18. The number of benzene rings is 2. The van der Waals surface area contributed by atoms with Gasteiger partial charge in [0.05, 0.1) is 32.3 Å². The second-order valence-corrected chi connectivity index (χ2v) is 11.3. The molecule has 43 heavy (non-hydrogen) atoms. The summed E-state index contributed by atoms with van der Waals surface area (Å²) < 4.78 is 47.4. The molecule has 0 aliphatic carbocycles. The van der Waals surface area contributed by atoms with Crippen LogP contribution in [0, 0.1) is 0 Å². The summed E-state index contributed by atoms with van der Waals surface area (Å²) in [5.74, 6) is -1.45. The van der Waals surface area contributed by atoms with E-state index in [1.54, 1.807) is 0 Å². The molecule has 0 bridgehead atoms. The van der Waals surface area contributed by atoms with Crippen LogP contribution in [0.2, 0.25) is 0 Å². The average molecular weight is 600 g/mol.